The Labute approximate surface area is 357 Å². The standard InChI is InChI=1S/C58H43N3/c1-40-14-12-22-49(38-40)59(44-16-6-3-7-17-44)47-28-24-42(25-29-47)51-34-36-55-57-53(51)32-33-54-52(35-37-56(58(54)57)61(55)46-20-10-5-11-21-46)43-26-30-48(31-27-43)60(45-18-8-4-9-19-45)50-23-13-15-41(2)39-50/h3-39H,1-2H3. The van der Waals surface area contributed by atoms with Crippen molar-refractivity contribution < 1.29 is 0 Å². The Bertz CT molecular complexity index is 3090. The normalized spacial score (nSPS) is 11.4. The van der Waals surface area contributed by atoms with Gasteiger partial charge < -0.3 is 14.4 Å². The van der Waals surface area contributed by atoms with Gasteiger partial charge in [-0.1, -0.05) is 127 Å². The van der Waals surface area contributed by atoms with Crippen LogP contribution in [0.15, 0.2) is 224 Å². The van der Waals surface area contributed by atoms with Crippen molar-refractivity contribution in [3.05, 3.63) is 236 Å². The minimum absolute atomic E-state index is 1.12. The summed E-state index contributed by atoms with van der Waals surface area (Å²) in [5.41, 5.74) is 17.7. The highest BCUT2D eigenvalue weighted by Crippen LogP contribution is 2.46. The van der Waals surface area contributed by atoms with Gasteiger partial charge in [0, 0.05) is 50.6 Å². The minimum atomic E-state index is 1.12. The molecule has 0 bridgehead atoms. The lowest BCUT2D eigenvalue weighted by molar-refractivity contribution is 1.18. The lowest BCUT2D eigenvalue weighted by atomic mass is 9.91. The molecule has 0 saturated heterocycles. The van der Waals surface area contributed by atoms with E-state index < -0.39 is 0 Å². The van der Waals surface area contributed by atoms with Crippen LogP contribution in [0.4, 0.5) is 34.1 Å². The van der Waals surface area contributed by atoms with Crippen molar-refractivity contribution in [3.8, 4) is 27.9 Å². The van der Waals surface area contributed by atoms with Crippen LogP contribution >= 0.6 is 0 Å². The topological polar surface area (TPSA) is 11.4 Å². The second kappa shape index (κ2) is 15.1. The molecular weight excluding hydrogens is 739 g/mol. The average Bonchev–Trinajstić information content (AvgIpc) is 3.65. The molecule has 3 nitrogen and oxygen atoms in total. The number of aromatic nitrogens is 1. The smallest absolute Gasteiger partial charge is 0.0547 e. The molecule has 1 aromatic heterocycles. The van der Waals surface area contributed by atoms with Crippen LogP contribution in [0, 0.1) is 13.8 Å². The zero-order valence-electron chi connectivity index (χ0n) is 34.2. The molecule has 10 aromatic carbocycles. The number of hydrogen-bond acceptors (Lipinski definition) is 2. The monoisotopic (exact) mass is 781 g/mol. The van der Waals surface area contributed by atoms with Crippen molar-refractivity contribution >= 4 is 66.7 Å². The molecule has 0 amide bonds. The highest BCUT2D eigenvalue weighted by molar-refractivity contribution is 6.28. The Kier molecular flexibility index (Phi) is 8.94. The number of benzene rings is 10. The van der Waals surface area contributed by atoms with E-state index in [1.807, 2.05) is 0 Å². The number of aryl methyl sites for hydroxylation is 2. The molecule has 11 aromatic rings. The van der Waals surface area contributed by atoms with Crippen LogP contribution in [-0.4, -0.2) is 4.57 Å². The lowest BCUT2D eigenvalue weighted by Crippen LogP contribution is -2.09. The van der Waals surface area contributed by atoms with E-state index in [1.54, 1.807) is 0 Å². The summed E-state index contributed by atoms with van der Waals surface area (Å²) >= 11 is 0. The van der Waals surface area contributed by atoms with Crippen molar-refractivity contribution in [1.29, 1.82) is 0 Å². The van der Waals surface area contributed by atoms with E-state index in [4.69, 9.17) is 0 Å². The van der Waals surface area contributed by atoms with Crippen molar-refractivity contribution in [2.45, 2.75) is 13.8 Å². The summed E-state index contributed by atoms with van der Waals surface area (Å²) in [7, 11) is 0. The van der Waals surface area contributed by atoms with Gasteiger partial charge in [0.1, 0.15) is 0 Å². The van der Waals surface area contributed by atoms with Crippen molar-refractivity contribution in [3.63, 3.8) is 0 Å². The van der Waals surface area contributed by atoms with Crippen LogP contribution in [0.2, 0.25) is 0 Å². The fraction of sp³-hybridized carbons (Fsp3) is 0.0345. The molecule has 290 valence electrons. The minimum Gasteiger partial charge on any atom is -0.310 e. The van der Waals surface area contributed by atoms with E-state index in [0.717, 1.165) is 39.8 Å². The van der Waals surface area contributed by atoms with Gasteiger partial charge in [0.2, 0.25) is 0 Å². The summed E-state index contributed by atoms with van der Waals surface area (Å²) in [6.07, 6.45) is 0. The molecule has 0 saturated carbocycles. The molecule has 3 heteroatoms. The predicted molar refractivity (Wildman–Crippen MR) is 259 cm³/mol. The first-order valence-corrected chi connectivity index (χ1v) is 21.0. The summed E-state index contributed by atoms with van der Waals surface area (Å²) in [6, 6.07) is 81.5. The maximum absolute atomic E-state index is 2.43. The third-order valence-electron chi connectivity index (χ3n) is 12.0. The molecule has 0 N–H and O–H groups in total. The maximum Gasteiger partial charge on any atom is 0.0547 e. The average molecular weight is 782 g/mol. The zero-order valence-corrected chi connectivity index (χ0v) is 34.2. The highest BCUT2D eigenvalue weighted by Gasteiger charge is 2.22. The van der Waals surface area contributed by atoms with Gasteiger partial charge in [-0.25, -0.2) is 0 Å². The molecule has 0 fully saturated rings. The lowest BCUT2D eigenvalue weighted by Gasteiger charge is -2.26. The van der Waals surface area contributed by atoms with Crippen LogP contribution in [0.5, 0.6) is 0 Å². The molecular formula is C58H43N3. The van der Waals surface area contributed by atoms with E-state index in [1.165, 1.54) is 66.0 Å². The zero-order chi connectivity index (χ0) is 40.9. The molecule has 0 spiro atoms. The molecule has 0 unspecified atom stereocenters. The summed E-state index contributed by atoms with van der Waals surface area (Å²) in [5.74, 6) is 0. The van der Waals surface area contributed by atoms with Crippen LogP contribution in [-0.2, 0) is 0 Å². The van der Waals surface area contributed by atoms with E-state index >= 15 is 0 Å². The second-order valence-electron chi connectivity index (χ2n) is 16.0. The largest absolute Gasteiger partial charge is 0.310 e. The molecule has 0 atom stereocenters. The van der Waals surface area contributed by atoms with Crippen LogP contribution in [0.1, 0.15) is 11.1 Å². The summed E-state index contributed by atoms with van der Waals surface area (Å²) in [6.45, 7) is 4.30. The Hall–Kier alpha value is -7.88. The fourth-order valence-electron chi connectivity index (χ4n) is 9.28. The molecule has 61 heavy (non-hydrogen) atoms. The number of rotatable bonds is 9. The van der Waals surface area contributed by atoms with E-state index in [9.17, 15) is 0 Å². The molecule has 0 aliphatic rings. The number of anilines is 6. The fourth-order valence-corrected chi connectivity index (χ4v) is 9.28. The number of hydrogen-bond donors (Lipinski definition) is 0. The first kappa shape index (κ1) is 36.2. The van der Waals surface area contributed by atoms with E-state index in [0.29, 0.717) is 0 Å². The Morgan fingerprint density at radius 1 is 0.311 bits per heavy atom. The first-order chi connectivity index (χ1) is 30.1. The molecule has 11 rings (SSSR count). The predicted octanol–water partition coefficient (Wildman–Crippen LogP) is 16.3. The summed E-state index contributed by atoms with van der Waals surface area (Å²) in [4.78, 5) is 4.67. The van der Waals surface area contributed by atoms with Crippen molar-refractivity contribution in [2.75, 3.05) is 9.80 Å². The van der Waals surface area contributed by atoms with Gasteiger partial charge in [-0.05, 0) is 155 Å². The number of para-hydroxylation sites is 3. The molecule has 1 heterocycles. The molecule has 0 aliphatic heterocycles. The SMILES string of the molecule is Cc1cccc(N(c2ccccc2)c2ccc(-c3ccc4c5c3ccc3c(-c6ccc(N(c7ccccc7)c7cccc(C)c7)cc6)ccc(c35)n4-c3ccccc3)cc2)c1. The van der Waals surface area contributed by atoms with Gasteiger partial charge in [0.25, 0.3) is 0 Å². The van der Waals surface area contributed by atoms with Gasteiger partial charge in [0.05, 0.1) is 11.0 Å². The Balaban J connectivity index is 1.04. The van der Waals surface area contributed by atoms with Gasteiger partial charge in [-0.2, -0.15) is 0 Å². The Morgan fingerprint density at radius 2 is 0.689 bits per heavy atom. The quantitative estimate of drug-likeness (QED) is 0.135. The van der Waals surface area contributed by atoms with Gasteiger partial charge in [0.15, 0.2) is 0 Å². The van der Waals surface area contributed by atoms with Crippen LogP contribution in [0.25, 0.3) is 60.5 Å². The van der Waals surface area contributed by atoms with Crippen LogP contribution in [0.3, 0.4) is 0 Å². The maximum atomic E-state index is 2.43. The van der Waals surface area contributed by atoms with E-state index in [2.05, 4.69) is 253 Å². The molecule has 0 aliphatic carbocycles. The third-order valence-corrected chi connectivity index (χ3v) is 12.0. The van der Waals surface area contributed by atoms with Crippen LogP contribution < -0.4 is 9.80 Å². The first-order valence-electron chi connectivity index (χ1n) is 21.0. The van der Waals surface area contributed by atoms with Crippen molar-refractivity contribution in [1.82, 2.24) is 4.57 Å². The van der Waals surface area contributed by atoms with Gasteiger partial charge in [-0.15, -0.1) is 0 Å². The van der Waals surface area contributed by atoms with Crippen molar-refractivity contribution in [2.24, 2.45) is 0 Å². The third kappa shape index (κ3) is 6.39. The summed E-state index contributed by atoms with van der Waals surface area (Å²) in [5, 5.41) is 5.08. The highest BCUT2D eigenvalue weighted by atomic mass is 15.1. The van der Waals surface area contributed by atoms with Gasteiger partial charge in [-0.3, -0.25) is 0 Å². The van der Waals surface area contributed by atoms with E-state index in [-0.39, 0.29) is 0 Å². The Morgan fingerprint density at radius 3 is 1.10 bits per heavy atom. The summed E-state index contributed by atoms with van der Waals surface area (Å²) < 4.78 is 2.43. The van der Waals surface area contributed by atoms with Gasteiger partial charge >= 0.3 is 0 Å². The number of nitrogens with zero attached hydrogens (tertiary/aromatic N) is 3. The molecule has 0 radical (unpaired) electrons. The second-order valence-corrected chi connectivity index (χ2v) is 16.0.